The van der Waals surface area contributed by atoms with Crippen molar-refractivity contribution < 1.29 is 20.4 Å². The Bertz CT molecular complexity index is 195. The molecule has 5 heteroatoms. The van der Waals surface area contributed by atoms with Gasteiger partial charge in [-0.3, -0.25) is 0 Å². The van der Waals surface area contributed by atoms with Crippen molar-refractivity contribution in [3.05, 3.63) is 0 Å². The quantitative estimate of drug-likeness (QED) is 0.368. The average Bonchev–Trinajstić information content (AvgIpc) is 2.70. The molecule has 4 unspecified atom stereocenters. The molecular weight excluding hydrogens is 471 g/mol. The van der Waals surface area contributed by atoms with Crippen molar-refractivity contribution in [3.63, 3.8) is 0 Å². The zero-order chi connectivity index (χ0) is 22.8. The van der Waals surface area contributed by atoms with Crippen LogP contribution in [-0.2, 0) is 0 Å². The van der Waals surface area contributed by atoms with E-state index in [2.05, 4.69) is 27.7 Å². The molecule has 0 N–H and O–H groups in total. The van der Waals surface area contributed by atoms with Crippen LogP contribution in [0, 0.1) is 23.7 Å². The van der Waals surface area contributed by atoms with Gasteiger partial charge in [-0.15, -0.1) is 26.4 Å². The van der Waals surface area contributed by atoms with Gasteiger partial charge in [0.05, 0.1) is 0 Å². The van der Waals surface area contributed by atoms with Crippen LogP contribution in [0.1, 0.15) is 107 Å². The molecule has 0 amide bonds. The van der Waals surface area contributed by atoms with Crippen molar-refractivity contribution in [1.82, 2.24) is 0 Å². The third-order valence-corrected chi connectivity index (χ3v) is 4.26. The van der Waals surface area contributed by atoms with Crippen molar-refractivity contribution in [2.24, 2.45) is 23.7 Å². The van der Waals surface area contributed by atoms with E-state index in [-0.39, 0.29) is 50.3 Å². The van der Waals surface area contributed by atoms with Crippen molar-refractivity contribution >= 4 is 23.9 Å². The Morgan fingerprint density at radius 3 is 0.586 bits per heavy atom. The van der Waals surface area contributed by atoms with Crippen LogP contribution in [0.3, 0.4) is 0 Å². The van der Waals surface area contributed by atoms with Crippen LogP contribution >= 0.6 is 0 Å². The molecule has 0 aliphatic rings. The van der Waals surface area contributed by atoms with Crippen LogP contribution in [0.15, 0.2) is 0 Å². The zero-order valence-corrected chi connectivity index (χ0v) is 23.8. The number of hydrogen-bond acceptors (Lipinski definition) is 4. The van der Waals surface area contributed by atoms with Crippen LogP contribution < -0.4 is 20.4 Å². The van der Waals surface area contributed by atoms with Crippen molar-refractivity contribution in [2.75, 3.05) is 26.4 Å². The second kappa shape index (κ2) is 36.0. The molecule has 0 aromatic rings. The van der Waals surface area contributed by atoms with Gasteiger partial charge in [-0.25, -0.2) is 0 Å². The Morgan fingerprint density at radius 1 is 0.414 bits per heavy atom. The van der Waals surface area contributed by atoms with Crippen LogP contribution in [0.25, 0.3) is 0 Å². The van der Waals surface area contributed by atoms with Crippen molar-refractivity contribution in [1.29, 1.82) is 0 Å². The third kappa shape index (κ3) is 47.7. The molecule has 4 atom stereocenters. The van der Waals surface area contributed by atoms with Gasteiger partial charge in [-0.05, 0) is 0 Å². The van der Waals surface area contributed by atoms with Crippen LogP contribution in [0.2, 0.25) is 0 Å². The minimum absolute atomic E-state index is 0. The van der Waals surface area contributed by atoms with Gasteiger partial charge in [-0.1, -0.05) is 130 Å². The SMILES string of the molecule is CCCC(C)C[O-].CCCC(C)C[O-].CCCC(C)C[O-].CCCC(C)C[O-].[Sn+4]. The number of hydrogen-bond donors (Lipinski definition) is 0. The molecule has 0 rings (SSSR count). The van der Waals surface area contributed by atoms with E-state index in [4.69, 9.17) is 0 Å². The fourth-order valence-corrected chi connectivity index (χ4v) is 2.30. The molecule has 0 aliphatic carbocycles. The fraction of sp³-hybridized carbons (Fsp3) is 1.00. The first-order valence-corrected chi connectivity index (χ1v) is 11.6. The first-order valence-electron chi connectivity index (χ1n) is 11.6. The summed E-state index contributed by atoms with van der Waals surface area (Å²) in [4.78, 5) is 0. The van der Waals surface area contributed by atoms with Crippen molar-refractivity contribution in [2.45, 2.75) is 107 Å². The summed E-state index contributed by atoms with van der Waals surface area (Å²) in [6.45, 7) is 16.8. The molecule has 0 fully saturated rings. The molecule has 0 bridgehead atoms. The Balaban J connectivity index is -0.0000000873. The van der Waals surface area contributed by atoms with Crippen LogP contribution in [0.4, 0.5) is 0 Å². The summed E-state index contributed by atoms with van der Waals surface area (Å²) in [6, 6.07) is 0. The van der Waals surface area contributed by atoms with E-state index in [1.54, 1.807) is 0 Å². The predicted octanol–water partition coefficient (Wildman–Crippen LogP) is 2.75. The van der Waals surface area contributed by atoms with Gasteiger partial charge >= 0.3 is 23.9 Å². The predicted molar refractivity (Wildman–Crippen MR) is 122 cm³/mol. The summed E-state index contributed by atoms with van der Waals surface area (Å²) >= 11 is 0. The molecule has 0 saturated carbocycles. The Kier molecular flexibility index (Phi) is 49.8. The van der Waals surface area contributed by atoms with E-state index >= 15 is 0 Å². The Labute approximate surface area is 200 Å². The average molecular weight is 523 g/mol. The summed E-state index contributed by atoms with van der Waals surface area (Å²) in [5.41, 5.74) is 0. The summed E-state index contributed by atoms with van der Waals surface area (Å²) in [5, 5.41) is 40.1. The summed E-state index contributed by atoms with van der Waals surface area (Å²) in [5.74, 6) is 1.57. The molecule has 0 aliphatic heterocycles. The van der Waals surface area contributed by atoms with E-state index in [1.165, 1.54) is 0 Å². The molecule has 0 radical (unpaired) electrons. The summed E-state index contributed by atoms with van der Waals surface area (Å²) in [6.07, 6.45) is 8.92. The molecular formula is C24H52O4Sn. The maximum Gasteiger partial charge on any atom is 4.00 e. The van der Waals surface area contributed by atoms with E-state index in [1.807, 2.05) is 27.7 Å². The molecule has 4 nitrogen and oxygen atoms in total. The maximum absolute atomic E-state index is 10.0. The second-order valence-corrected chi connectivity index (χ2v) is 8.24. The van der Waals surface area contributed by atoms with Gasteiger partial charge in [0.1, 0.15) is 0 Å². The van der Waals surface area contributed by atoms with E-state index in [9.17, 15) is 20.4 Å². The Hall–Kier alpha value is 0.639. The molecule has 0 heterocycles. The van der Waals surface area contributed by atoms with Gasteiger partial charge in [0.15, 0.2) is 0 Å². The van der Waals surface area contributed by atoms with Crippen LogP contribution in [-0.4, -0.2) is 50.3 Å². The van der Waals surface area contributed by atoms with Gasteiger partial charge in [0.25, 0.3) is 0 Å². The molecule has 0 aromatic carbocycles. The van der Waals surface area contributed by atoms with E-state index < -0.39 is 0 Å². The van der Waals surface area contributed by atoms with Crippen molar-refractivity contribution in [3.8, 4) is 0 Å². The number of rotatable bonds is 12. The molecule has 0 aromatic heterocycles. The standard InChI is InChI=1S/4C6H13O.Sn/c4*1-3-4-6(2)5-7;/h4*6H,3-5H2,1-2H3;/q4*-1;+4. The van der Waals surface area contributed by atoms with Gasteiger partial charge in [0, 0.05) is 0 Å². The Morgan fingerprint density at radius 2 is 0.552 bits per heavy atom. The molecule has 29 heavy (non-hydrogen) atoms. The van der Waals surface area contributed by atoms with E-state index in [0.29, 0.717) is 23.7 Å². The minimum atomic E-state index is 0. The van der Waals surface area contributed by atoms with Gasteiger partial charge in [-0.2, -0.15) is 0 Å². The summed E-state index contributed by atoms with van der Waals surface area (Å²) < 4.78 is 0. The smallest absolute Gasteiger partial charge is 0.854 e. The normalized spacial score (nSPS) is 13.7. The molecule has 0 saturated heterocycles. The third-order valence-electron chi connectivity index (χ3n) is 4.26. The minimum Gasteiger partial charge on any atom is -0.854 e. The van der Waals surface area contributed by atoms with Gasteiger partial charge < -0.3 is 20.4 Å². The largest absolute Gasteiger partial charge is 4.00 e. The van der Waals surface area contributed by atoms with Gasteiger partial charge in [0.2, 0.25) is 0 Å². The fourth-order valence-electron chi connectivity index (χ4n) is 2.30. The molecule has 176 valence electrons. The second-order valence-electron chi connectivity index (χ2n) is 8.24. The monoisotopic (exact) mass is 524 g/mol. The maximum atomic E-state index is 10.0. The first-order chi connectivity index (χ1) is 13.2. The molecule has 0 spiro atoms. The van der Waals surface area contributed by atoms with E-state index in [0.717, 1.165) is 51.4 Å². The van der Waals surface area contributed by atoms with Crippen LogP contribution in [0.5, 0.6) is 0 Å². The first kappa shape index (κ1) is 40.0. The summed E-state index contributed by atoms with van der Waals surface area (Å²) in [7, 11) is 0. The topological polar surface area (TPSA) is 92.2 Å². The zero-order valence-electron chi connectivity index (χ0n) is 20.9.